The van der Waals surface area contributed by atoms with Crippen molar-refractivity contribution < 1.29 is 14.7 Å². The van der Waals surface area contributed by atoms with Crippen molar-refractivity contribution in [3.8, 4) is 0 Å². The molecule has 2 aromatic carbocycles. The first-order valence-electron chi connectivity index (χ1n) is 8.00. The molecule has 2 amide bonds. The molecule has 0 spiro atoms. The number of hydrogen-bond acceptors (Lipinski definition) is 3. The maximum absolute atomic E-state index is 13.0. The van der Waals surface area contributed by atoms with E-state index >= 15 is 0 Å². The smallest absolute Gasteiger partial charge is 0.262 e. The quantitative estimate of drug-likeness (QED) is 0.635. The van der Waals surface area contributed by atoms with Gasteiger partial charge in [-0.1, -0.05) is 46.3 Å². The molecular formula is C20H16BrNO3. The fraction of sp³-hybridized carbons (Fsp3) is 0.200. The summed E-state index contributed by atoms with van der Waals surface area (Å²) in [6, 6.07) is 14.4. The Hall–Kier alpha value is -2.24. The van der Waals surface area contributed by atoms with Crippen LogP contribution in [-0.4, -0.2) is 27.4 Å². The van der Waals surface area contributed by atoms with Crippen LogP contribution < -0.4 is 0 Å². The summed E-state index contributed by atoms with van der Waals surface area (Å²) in [6.07, 6.45) is 1.98. The van der Waals surface area contributed by atoms with Gasteiger partial charge in [0, 0.05) is 17.3 Å². The van der Waals surface area contributed by atoms with Crippen molar-refractivity contribution in [2.75, 3.05) is 0 Å². The zero-order valence-corrected chi connectivity index (χ0v) is 15.0. The standard InChI is InChI=1S/C20H16BrNO3/c1-2-19(25)11-20(12-19,13-7-9-14(21)10-8-13)22-17(23)15-5-3-4-6-16(15)18(22)24/h2-10,25H,1,11-12H2. The van der Waals surface area contributed by atoms with Gasteiger partial charge in [-0.25, -0.2) is 0 Å². The van der Waals surface area contributed by atoms with Gasteiger partial charge in [0.25, 0.3) is 11.8 Å². The van der Waals surface area contributed by atoms with Gasteiger partial charge in [0.15, 0.2) is 0 Å². The molecule has 4 rings (SSSR count). The second kappa shape index (κ2) is 5.38. The molecule has 25 heavy (non-hydrogen) atoms. The minimum absolute atomic E-state index is 0.247. The van der Waals surface area contributed by atoms with Gasteiger partial charge in [0.2, 0.25) is 0 Å². The molecule has 1 N–H and O–H groups in total. The summed E-state index contributed by atoms with van der Waals surface area (Å²) in [5.41, 5.74) is -0.285. The Kier molecular flexibility index (Phi) is 3.49. The number of fused-ring (bicyclic) bond motifs is 1. The van der Waals surface area contributed by atoms with E-state index in [1.807, 2.05) is 24.3 Å². The number of carbonyl (C=O) groups excluding carboxylic acids is 2. The Morgan fingerprint density at radius 3 is 2.00 bits per heavy atom. The van der Waals surface area contributed by atoms with Crippen molar-refractivity contribution in [3.63, 3.8) is 0 Å². The third kappa shape index (κ3) is 2.23. The fourth-order valence-electron chi connectivity index (χ4n) is 3.93. The number of carbonyl (C=O) groups is 2. The molecule has 1 fully saturated rings. The van der Waals surface area contributed by atoms with E-state index in [-0.39, 0.29) is 24.7 Å². The van der Waals surface area contributed by atoms with Crippen molar-refractivity contribution in [2.24, 2.45) is 0 Å². The van der Waals surface area contributed by atoms with Crippen LogP contribution in [0.2, 0.25) is 0 Å². The lowest BCUT2D eigenvalue weighted by molar-refractivity contribution is -0.0989. The van der Waals surface area contributed by atoms with Gasteiger partial charge in [-0.05, 0) is 29.8 Å². The molecule has 4 nitrogen and oxygen atoms in total. The highest BCUT2D eigenvalue weighted by Gasteiger charge is 2.61. The van der Waals surface area contributed by atoms with E-state index in [1.165, 1.54) is 11.0 Å². The van der Waals surface area contributed by atoms with Crippen LogP contribution >= 0.6 is 15.9 Å². The van der Waals surface area contributed by atoms with Crippen molar-refractivity contribution in [3.05, 3.63) is 82.3 Å². The molecule has 1 saturated carbocycles. The number of halogens is 1. The Morgan fingerprint density at radius 2 is 1.52 bits per heavy atom. The van der Waals surface area contributed by atoms with Crippen molar-refractivity contribution in [1.29, 1.82) is 0 Å². The van der Waals surface area contributed by atoms with Crippen LogP contribution in [0.1, 0.15) is 39.1 Å². The van der Waals surface area contributed by atoms with Gasteiger partial charge in [-0.15, -0.1) is 6.58 Å². The molecule has 0 bridgehead atoms. The zero-order chi connectivity index (χ0) is 17.8. The minimum atomic E-state index is -1.08. The minimum Gasteiger partial charge on any atom is -0.386 e. The Labute approximate surface area is 153 Å². The summed E-state index contributed by atoms with van der Waals surface area (Å²) in [7, 11) is 0. The van der Waals surface area contributed by atoms with Crippen molar-refractivity contribution >= 4 is 27.7 Å². The highest BCUT2D eigenvalue weighted by Crippen LogP contribution is 2.55. The Morgan fingerprint density at radius 1 is 1.00 bits per heavy atom. The number of nitrogens with zero attached hydrogens (tertiary/aromatic N) is 1. The highest BCUT2D eigenvalue weighted by molar-refractivity contribution is 9.10. The van der Waals surface area contributed by atoms with Crippen LogP contribution in [0.25, 0.3) is 0 Å². The average Bonchev–Trinajstić information content (AvgIpc) is 2.85. The maximum atomic E-state index is 13.0. The third-order valence-corrected chi connectivity index (χ3v) is 5.71. The summed E-state index contributed by atoms with van der Waals surface area (Å²) in [4.78, 5) is 27.3. The molecule has 126 valence electrons. The second-order valence-corrected chi connectivity index (χ2v) is 7.61. The van der Waals surface area contributed by atoms with E-state index in [1.54, 1.807) is 24.3 Å². The summed E-state index contributed by atoms with van der Waals surface area (Å²) in [6.45, 7) is 3.69. The topological polar surface area (TPSA) is 57.6 Å². The van der Waals surface area contributed by atoms with Gasteiger partial charge >= 0.3 is 0 Å². The first-order valence-corrected chi connectivity index (χ1v) is 8.79. The number of benzene rings is 2. The molecule has 0 aromatic heterocycles. The molecule has 5 heteroatoms. The Bertz CT molecular complexity index is 862. The van der Waals surface area contributed by atoms with E-state index in [4.69, 9.17) is 0 Å². The van der Waals surface area contributed by atoms with Crippen LogP contribution in [0.3, 0.4) is 0 Å². The number of amides is 2. The molecule has 0 atom stereocenters. The SMILES string of the molecule is C=CC1(O)CC(c2ccc(Br)cc2)(N2C(=O)c3ccccc3C2=O)C1. The normalized spacial score (nSPS) is 27.8. The predicted molar refractivity (Wildman–Crippen MR) is 97.1 cm³/mol. The first kappa shape index (κ1) is 16.2. The fourth-order valence-corrected chi connectivity index (χ4v) is 4.20. The van der Waals surface area contributed by atoms with Crippen LogP contribution in [0.4, 0.5) is 0 Å². The number of aliphatic hydroxyl groups is 1. The lowest BCUT2D eigenvalue weighted by atomic mass is 9.60. The van der Waals surface area contributed by atoms with Crippen molar-refractivity contribution in [1.82, 2.24) is 4.90 Å². The molecule has 0 unspecified atom stereocenters. The lowest BCUT2D eigenvalue weighted by Crippen LogP contribution is -2.63. The maximum Gasteiger partial charge on any atom is 0.262 e. The van der Waals surface area contributed by atoms with E-state index < -0.39 is 11.1 Å². The van der Waals surface area contributed by atoms with Crippen LogP contribution in [0, 0.1) is 0 Å². The second-order valence-electron chi connectivity index (χ2n) is 6.69. The van der Waals surface area contributed by atoms with Crippen LogP contribution in [-0.2, 0) is 5.54 Å². The average molecular weight is 398 g/mol. The molecule has 1 heterocycles. The molecule has 2 aliphatic rings. The zero-order valence-electron chi connectivity index (χ0n) is 13.4. The molecule has 1 aliphatic heterocycles. The highest BCUT2D eigenvalue weighted by atomic mass is 79.9. The monoisotopic (exact) mass is 397 g/mol. The molecule has 1 aliphatic carbocycles. The van der Waals surface area contributed by atoms with Gasteiger partial charge in [0.05, 0.1) is 22.3 Å². The van der Waals surface area contributed by atoms with Gasteiger partial charge in [-0.3, -0.25) is 14.5 Å². The summed E-state index contributed by atoms with van der Waals surface area (Å²) >= 11 is 3.41. The number of rotatable bonds is 3. The first-order chi connectivity index (χ1) is 11.9. The third-order valence-electron chi connectivity index (χ3n) is 5.18. The van der Waals surface area contributed by atoms with Crippen LogP contribution in [0.5, 0.6) is 0 Å². The van der Waals surface area contributed by atoms with Crippen molar-refractivity contribution in [2.45, 2.75) is 24.0 Å². The molecule has 0 radical (unpaired) electrons. The Balaban J connectivity index is 1.84. The van der Waals surface area contributed by atoms with Gasteiger partial charge < -0.3 is 5.11 Å². The van der Waals surface area contributed by atoms with Gasteiger partial charge in [-0.2, -0.15) is 0 Å². The van der Waals surface area contributed by atoms with E-state index in [2.05, 4.69) is 22.5 Å². The number of hydrogen-bond donors (Lipinski definition) is 1. The lowest BCUT2D eigenvalue weighted by Gasteiger charge is -2.55. The summed E-state index contributed by atoms with van der Waals surface area (Å²) in [5, 5.41) is 10.5. The van der Waals surface area contributed by atoms with Gasteiger partial charge in [0.1, 0.15) is 0 Å². The van der Waals surface area contributed by atoms with E-state index in [9.17, 15) is 14.7 Å². The van der Waals surface area contributed by atoms with E-state index in [0.717, 1.165) is 10.0 Å². The summed E-state index contributed by atoms with van der Waals surface area (Å²) in [5.74, 6) is -0.621. The molecular weight excluding hydrogens is 382 g/mol. The molecule has 0 saturated heterocycles. The molecule has 2 aromatic rings. The largest absolute Gasteiger partial charge is 0.386 e. The number of imide groups is 1. The van der Waals surface area contributed by atoms with Crippen LogP contribution in [0.15, 0.2) is 65.7 Å². The van der Waals surface area contributed by atoms with E-state index in [0.29, 0.717) is 11.1 Å². The summed E-state index contributed by atoms with van der Waals surface area (Å²) < 4.78 is 0.909. The predicted octanol–water partition coefficient (Wildman–Crippen LogP) is 3.65.